The van der Waals surface area contributed by atoms with E-state index in [1.54, 1.807) is 6.20 Å². The van der Waals surface area contributed by atoms with Crippen LogP contribution in [0.3, 0.4) is 0 Å². The minimum atomic E-state index is 0.172. The van der Waals surface area contributed by atoms with E-state index >= 15 is 0 Å². The molecule has 2 aliphatic heterocycles. The number of nitrogens with zero attached hydrogens (tertiary/aromatic N) is 4. The molecule has 2 aliphatic rings. The molecule has 0 bridgehead atoms. The Hall–Kier alpha value is -2.73. The second-order valence-corrected chi connectivity index (χ2v) is 7.51. The van der Waals surface area contributed by atoms with Gasteiger partial charge in [-0.25, -0.2) is 0 Å². The third-order valence-corrected chi connectivity index (χ3v) is 5.53. The van der Waals surface area contributed by atoms with Gasteiger partial charge in [0.15, 0.2) is 0 Å². The first kappa shape index (κ1) is 18.6. The van der Waals surface area contributed by atoms with Crippen LogP contribution < -0.4 is 4.90 Å². The molecule has 2 aromatic rings. The Morgan fingerprint density at radius 1 is 0.964 bits per heavy atom. The first-order chi connectivity index (χ1) is 13.7. The molecule has 0 N–H and O–H groups in total. The van der Waals surface area contributed by atoms with Gasteiger partial charge in [0.05, 0.1) is 6.42 Å². The molecule has 0 radical (unpaired) electrons. The van der Waals surface area contributed by atoms with Gasteiger partial charge in [-0.1, -0.05) is 18.2 Å². The Balaban J connectivity index is 1.27. The van der Waals surface area contributed by atoms with Gasteiger partial charge in [-0.05, 0) is 35.7 Å². The number of carbonyl (C=O) groups is 2. The fourth-order valence-corrected chi connectivity index (χ4v) is 3.91. The molecule has 0 atom stereocenters. The van der Waals surface area contributed by atoms with Gasteiger partial charge in [-0.15, -0.1) is 0 Å². The van der Waals surface area contributed by atoms with Crippen LogP contribution in [0.4, 0.5) is 5.69 Å². The molecular formula is C22H26N4O2. The highest BCUT2D eigenvalue weighted by molar-refractivity contribution is 5.95. The summed E-state index contributed by atoms with van der Waals surface area (Å²) < 4.78 is 0. The Bertz CT molecular complexity index is 814. The summed E-state index contributed by atoms with van der Waals surface area (Å²) >= 11 is 0. The van der Waals surface area contributed by atoms with E-state index in [2.05, 4.69) is 16.0 Å². The summed E-state index contributed by atoms with van der Waals surface area (Å²) in [6.07, 6.45) is 5.65. The van der Waals surface area contributed by atoms with Crippen molar-refractivity contribution in [3.8, 4) is 0 Å². The lowest BCUT2D eigenvalue weighted by atomic mass is 10.1. The first-order valence-electron chi connectivity index (χ1n) is 9.97. The number of carbonyl (C=O) groups excluding carboxylic acids is 2. The fourth-order valence-electron chi connectivity index (χ4n) is 3.91. The maximum absolute atomic E-state index is 12.7. The zero-order chi connectivity index (χ0) is 19.3. The van der Waals surface area contributed by atoms with Crippen LogP contribution >= 0.6 is 0 Å². The number of pyridine rings is 1. The lowest BCUT2D eigenvalue weighted by molar-refractivity contribution is -0.132. The highest BCUT2D eigenvalue weighted by Gasteiger charge is 2.23. The predicted molar refractivity (Wildman–Crippen MR) is 108 cm³/mol. The predicted octanol–water partition coefficient (Wildman–Crippen LogP) is 2.10. The van der Waals surface area contributed by atoms with Gasteiger partial charge < -0.3 is 9.80 Å². The molecule has 0 aliphatic carbocycles. The SMILES string of the molecule is O=C(Cc1ccc(N2CCCC2=O)cc1)N1CCN(Cc2cccnc2)CC1. The Morgan fingerprint density at radius 2 is 1.75 bits per heavy atom. The second kappa shape index (κ2) is 8.52. The minimum Gasteiger partial charge on any atom is -0.340 e. The summed E-state index contributed by atoms with van der Waals surface area (Å²) in [7, 11) is 0. The van der Waals surface area contributed by atoms with Crippen LogP contribution in [0.2, 0.25) is 0 Å². The summed E-state index contributed by atoms with van der Waals surface area (Å²) in [5.74, 6) is 0.360. The van der Waals surface area contributed by atoms with Crippen LogP contribution in [0.15, 0.2) is 48.8 Å². The molecule has 6 heteroatoms. The topological polar surface area (TPSA) is 56.8 Å². The summed E-state index contributed by atoms with van der Waals surface area (Å²) in [5, 5.41) is 0. The normalized spacial score (nSPS) is 17.9. The van der Waals surface area contributed by atoms with Crippen molar-refractivity contribution in [1.29, 1.82) is 0 Å². The molecule has 2 fully saturated rings. The quantitative estimate of drug-likeness (QED) is 0.800. The number of aromatic nitrogens is 1. The van der Waals surface area contributed by atoms with Gasteiger partial charge in [0.2, 0.25) is 11.8 Å². The number of piperazine rings is 1. The summed E-state index contributed by atoms with van der Waals surface area (Å²) in [6.45, 7) is 4.97. The molecule has 2 amide bonds. The van der Waals surface area contributed by atoms with Crippen molar-refractivity contribution in [2.24, 2.45) is 0 Å². The average Bonchev–Trinajstić information content (AvgIpc) is 3.16. The van der Waals surface area contributed by atoms with Crippen LogP contribution in [0.25, 0.3) is 0 Å². The second-order valence-electron chi connectivity index (χ2n) is 7.51. The fraction of sp³-hybridized carbons (Fsp3) is 0.409. The molecule has 0 unspecified atom stereocenters. The molecule has 3 heterocycles. The monoisotopic (exact) mass is 378 g/mol. The lowest BCUT2D eigenvalue weighted by Gasteiger charge is -2.34. The zero-order valence-corrected chi connectivity index (χ0v) is 16.1. The first-order valence-corrected chi connectivity index (χ1v) is 9.97. The van der Waals surface area contributed by atoms with Crippen LogP contribution in [-0.2, 0) is 22.6 Å². The van der Waals surface area contributed by atoms with Crippen molar-refractivity contribution < 1.29 is 9.59 Å². The van der Waals surface area contributed by atoms with E-state index in [4.69, 9.17) is 0 Å². The largest absolute Gasteiger partial charge is 0.340 e. The van der Waals surface area contributed by atoms with Crippen LogP contribution in [0.1, 0.15) is 24.0 Å². The van der Waals surface area contributed by atoms with E-state index in [1.807, 2.05) is 46.3 Å². The number of anilines is 1. The Kier molecular flexibility index (Phi) is 5.67. The zero-order valence-electron chi connectivity index (χ0n) is 16.1. The summed E-state index contributed by atoms with van der Waals surface area (Å²) in [6, 6.07) is 11.9. The third-order valence-electron chi connectivity index (χ3n) is 5.53. The third kappa shape index (κ3) is 4.39. The number of hydrogen-bond acceptors (Lipinski definition) is 4. The summed E-state index contributed by atoms with van der Waals surface area (Å²) in [4.78, 5) is 34.8. The standard InChI is InChI=1S/C22H26N4O2/c27-21-4-2-10-26(21)20-7-5-18(6-8-20)15-22(28)25-13-11-24(12-14-25)17-19-3-1-9-23-16-19/h1,3,5-9,16H,2,4,10-15,17H2. The highest BCUT2D eigenvalue weighted by Crippen LogP contribution is 2.22. The van der Waals surface area contributed by atoms with E-state index in [1.165, 1.54) is 5.56 Å². The molecule has 6 nitrogen and oxygen atoms in total. The van der Waals surface area contributed by atoms with E-state index in [0.717, 1.165) is 56.9 Å². The number of rotatable bonds is 5. The molecule has 1 aromatic heterocycles. The van der Waals surface area contributed by atoms with Crippen molar-refractivity contribution in [2.75, 3.05) is 37.6 Å². The lowest BCUT2D eigenvalue weighted by Crippen LogP contribution is -2.48. The van der Waals surface area contributed by atoms with Gasteiger partial charge >= 0.3 is 0 Å². The molecule has 2 saturated heterocycles. The van der Waals surface area contributed by atoms with E-state index in [-0.39, 0.29) is 11.8 Å². The van der Waals surface area contributed by atoms with Crippen molar-refractivity contribution >= 4 is 17.5 Å². The molecule has 1 aromatic carbocycles. The van der Waals surface area contributed by atoms with Gasteiger partial charge in [-0.3, -0.25) is 19.5 Å². The Labute approximate surface area is 165 Å². The van der Waals surface area contributed by atoms with Gasteiger partial charge in [-0.2, -0.15) is 0 Å². The van der Waals surface area contributed by atoms with Crippen molar-refractivity contribution in [1.82, 2.24) is 14.8 Å². The highest BCUT2D eigenvalue weighted by atomic mass is 16.2. The maximum Gasteiger partial charge on any atom is 0.227 e. The molecule has 0 saturated carbocycles. The maximum atomic E-state index is 12.7. The number of benzene rings is 1. The number of amides is 2. The van der Waals surface area contributed by atoms with Crippen molar-refractivity contribution in [3.63, 3.8) is 0 Å². The van der Waals surface area contributed by atoms with Crippen molar-refractivity contribution in [2.45, 2.75) is 25.8 Å². The van der Waals surface area contributed by atoms with Gasteiger partial charge in [0.1, 0.15) is 0 Å². The van der Waals surface area contributed by atoms with Crippen LogP contribution in [0.5, 0.6) is 0 Å². The molecule has 28 heavy (non-hydrogen) atoms. The van der Waals surface area contributed by atoms with Gasteiger partial charge in [0.25, 0.3) is 0 Å². The van der Waals surface area contributed by atoms with Crippen molar-refractivity contribution in [3.05, 3.63) is 59.9 Å². The smallest absolute Gasteiger partial charge is 0.227 e. The Morgan fingerprint density at radius 3 is 2.39 bits per heavy atom. The summed E-state index contributed by atoms with van der Waals surface area (Å²) in [5.41, 5.74) is 3.14. The van der Waals surface area contributed by atoms with Crippen LogP contribution in [-0.4, -0.2) is 59.3 Å². The van der Waals surface area contributed by atoms with E-state index in [9.17, 15) is 9.59 Å². The average molecular weight is 378 g/mol. The van der Waals surface area contributed by atoms with Gasteiger partial charge in [0, 0.05) is 63.8 Å². The van der Waals surface area contributed by atoms with E-state index in [0.29, 0.717) is 12.8 Å². The van der Waals surface area contributed by atoms with Crippen LogP contribution in [0, 0.1) is 0 Å². The molecular weight excluding hydrogens is 352 g/mol. The number of hydrogen-bond donors (Lipinski definition) is 0. The molecule has 0 spiro atoms. The minimum absolute atomic E-state index is 0.172. The molecule has 4 rings (SSSR count). The molecule has 146 valence electrons. The van der Waals surface area contributed by atoms with E-state index < -0.39 is 0 Å².